The minimum Gasteiger partial charge on any atom is -0.468 e. The zero-order chi connectivity index (χ0) is 24.9. The molecule has 4 saturated carbocycles. The number of fused-ring (bicyclic) bond motifs is 7. The van der Waals surface area contributed by atoms with Crippen molar-refractivity contribution in [2.75, 3.05) is 7.11 Å². The fraction of sp³-hybridized carbons (Fsp3) is 0.871. The molecule has 5 rings (SSSR count). The quantitative estimate of drug-likeness (QED) is 0.229. The van der Waals surface area contributed by atoms with Gasteiger partial charge in [0.25, 0.3) is 0 Å². The van der Waals surface area contributed by atoms with Crippen molar-refractivity contribution in [3.05, 3.63) is 11.6 Å². The van der Waals surface area contributed by atoms with Crippen LogP contribution in [0, 0.1) is 56.7 Å². The van der Waals surface area contributed by atoms with Crippen LogP contribution in [0.5, 0.6) is 0 Å². The number of hydrogen-bond acceptors (Lipinski definition) is 3. The number of ketones is 1. The highest BCUT2D eigenvalue weighted by atomic mass is 16.5. The standard InChI is InChI=1S/C31H48O3/c1-19-11-14-27(3)17-18-29(5)21(25(27)20(19)2)9-10-22-28(4)15-13-24(32)31(7,26(33)34-8)23(28)12-16-30(22,29)6/h9,19-20,22-23,25H,10-18H2,1-8H3/t19-,20+,22-,23-,25+,27-,28-,29-,30-,31-/m1/s1. The minimum atomic E-state index is -0.994. The molecule has 0 unspecified atom stereocenters. The zero-order valence-electron chi connectivity index (χ0n) is 23.1. The molecule has 0 radical (unpaired) electrons. The van der Waals surface area contributed by atoms with E-state index in [1.807, 2.05) is 6.92 Å². The summed E-state index contributed by atoms with van der Waals surface area (Å²) in [5.74, 6) is 2.61. The van der Waals surface area contributed by atoms with Crippen molar-refractivity contribution < 1.29 is 14.3 Å². The predicted molar refractivity (Wildman–Crippen MR) is 136 cm³/mol. The Morgan fingerprint density at radius 2 is 1.65 bits per heavy atom. The van der Waals surface area contributed by atoms with E-state index in [9.17, 15) is 9.59 Å². The molecule has 5 aliphatic rings. The minimum absolute atomic E-state index is 0.0128. The van der Waals surface area contributed by atoms with Crippen molar-refractivity contribution in [3.8, 4) is 0 Å². The summed E-state index contributed by atoms with van der Waals surface area (Å²) in [6.45, 7) is 17.1. The van der Waals surface area contributed by atoms with Gasteiger partial charge in [-0.2, -0.15) is 0 Å². The normalized spacial score (nSPS) is 54.6. The largest absolute Gasteiger partial charge is 0.468 e. The van der Waals surface area contributed by atoms with Crippen LogP contribution in [0.15, 0.2) is 11.6 Å². The van der Waals surface area contributed by atoms with Crippen LogP contribution in [0.4, 0.5) is 0 Å². The average molecular weight is 469 g/mol. The first-order valence-corrected chi connectivity index (χ1v) is 14.1. The number of allylic oxidation sites excluding steroid dienone is 2. The van der Waals surface area contributed by atoms with E-state index in [1.54, 1.807) is 5.57 Å². The highest BCUT2D eigenvalue weighted by Crippen LogP contribution is 2.75. The van der Waals surface area contributed by atoms with E-state index in [-0.39, 0.29) is 33.9 Å². The molecule has 0 aliphatic heterocycles. The third-order valence-electron chi connectivity index (χ3n) is 13.4. The van der Waals surface area contributed by atoms with Crippen molar-refractivity contribution in [2.24, 2.45) is 56.7 Å². The van der Waals surface area contributed by atoms with E-state index in [4.69, 9.17) is 4.74 Å². The molecule has 0 amide bonds. The van der Waals surface area contributed by atoms with Crippen molar-refractivity contribution in [3.63, 3.8) is 0 Å². The van der Waals surface area contributed by atoms with E-state index in [0.717, 1.165) is 37.5 Å². The van der Waals surface area contributed by atoms with E-state index < -0.39 is 5.41 Å². The summed E-state index contributed by atoms with van der Waals surface area (Å²) in [6, 6.07) is 0. The maximum atomic E-state index is 13.2. The second-order valence-corrected chi connectivity index (χ2v) is 14.4. The predicted octanol–water partition coefficient (Wildman–Crippen LogP) is 7.39. The number of ether oxygens (including phenoxy) is 1. The average Bonchev–Trinajstić information content (AvgIpc) is 2.79. The van der Waals surface area contributed by atoms with E-state index in [1.165, 1.54) is 32.8 Å². The number of esters is 1. The maximum Gasteiger partial charge on any atom is 0.319 e. The van der Waals surface area contributed by atoms with Crippen LogP contribution < -0.4 is 0 Å². The molecule has 0 spiro atoms. The van der Waals surface area contributed by atoms with E-state index in [2.05, 4.69) is 47.6 Å². The van der Waals surface area contributed by atoms with Gasteiger partial charge in [0.05, 0.1) is 7.11 Å². The summed E-state index contributed by atoms with van der Waals surface area (Å²) >= 11 is 0. The van der Waals surface area contributed by atoms with E-state index in [0.29, 0.717) is 23.7 Å². The Labute approximate surface area is 207 Å². The Hall–Kier alpha value is -1.12. The fourth-order valence-corrected chi connectivity index (χ4v) is 10.8. The van der Waals surface area contributed by atoms with Crippen molar-refractivity contribution in [1.29, 1.82) is 0 Å². The highest BCUT2D eigenvalue weighted by molar-refractivity contribution is 6.04. The Balaban J connectivity index is 1.60. The van der Waals surface area contributed by atoms with Crippen LogP contribution in [0.2, 0.25) is 0 Å². The summed E-state index contributed by atoms with van der Waals surface area (Å²) in [6.07, 6.45) is 12.6. The summed E-state index contributed by atoms with van der Waals surface area (Å²) in [7, 11) is 1.45. The van der Waals surface area contributed by atoms with Gasteiger partial charge in [-0.3, -0.25) is 9.59 Å². The number of carbonyl (C=O) groups is 2. The number of methoxy groups -OCH3 is 1. The molecule has 0 bridgehead atoms. The van der Waals surface area contributed by atoms with Crippen LogP contribution in [-0.2, 0) is 14.3 Å². The first-order valence-electron chi connectivity index (χ1n) is 14.1. The Bertz CT molecular complexity index is 925. The van der Waals surface area contributed by atoms with Gasteiger partial charge in [-0.15, -0.1) is 0 Å². The van der Waals surface area contributed by atoms with Crippen LogP contribution in [0.25, 0.3) is 0 Å². The molecule has 34 heavy (non-hydrogen) atoms. The Kier molecular flexibility index (Phi) is 5.38. The molecular formula is C31H48O3. The SMILES string of the molecule is COC(=O)[C@@]1(C)C(=O)CC[C@]2(C)[C@H]3CC=C4[C@@H]5[C@@H](C)[C@H](C)CC[C@]5(C)CC[C@@]4(C)[C@]3(C)CC[C@@H]12. The first kappa shape index (κ1) is 24.6. The lowest BCUT2D eigenvalue weighted by Crippen LogP contribution is -2.65. The maximum absolute atomic E-state index is 13.2. The second-order valence-electron chi connectivity index (χ2n) is 14.4. The molecule has 0 heterocycles. The molecule has 190 valence electrons. The fourth-order valence-electron chi connectivity index (χ4n) is 10.8. The van der Waals surface area contributed by atoms with Gasteiger partial charge in [0, 0.05) is 6.42 Å². The number of Topliss-reactive ketones (excluding diaryl/α,β-unsaturated/α-hetero) is 1. The molecule has 0 aromatic heterocycles. The monoisotopic (exact) mass is 468 g/mol. The summed E-state index contributed by atoms with van der Waals surface area (Å²) in [5, 5.41) is 0. The van der Waals surface area contributed by atoms with Gasteiger partial charge in [0.1, 0.15) is 11.2 Å². The molecular weight excluding hydrogens is 420 g/mol. The van der Waals surface area contributed by atoms with Gasteiger partial charge in [0.15, 0.2) is 0 Å². The van der Waals surface area contributed by atoms with Gasteiger partial charge in [0.2, 0.25) is 0 Å². The number of carbonyl (C=O) groups excluding carboxylic acids is 2. The van der Waals surface area contributed by atoms with Gasteiger partial charge >= 0.3 is 5.97 Å². The zero-order valence-corrected chi connectivity index (χ0v) is 23.1. The van der Waals surface area contributed by atoms with Crippen molar-refractivity contribution >= 4 is 11.8 Å². The molecule has 3 nitrogen and oxygen atoms in total. The summed E-state index contributed by atoms with van der Waals surface area (Å²) in [5.41, 5.74) is 1.64. The molecule has 4 fully saturated rings. The third kappa shape index (κ3) is 2.76. The van der Waals surface area contributed by atoms with Gasteiger partial charge in [-0.05, 0) is 110 Å². The van der Waals surface area contributed by atoms with Crippen LogP contribution in [-0.4, -0.2) is 18.9 Å². The third-order valence-corrected chi connectivity index (χ3v) is 13.4. The first-order chi connectivity index (χ1) is 15.8. The van der Waals surface area contributed by atoms with Crippen LogP contribution in [0.3, 0.4) is 0 Å². The topological polar surface area (TPSA) is 43.4 Å². The van der Waals surface area contributed by atoms with E-state index >= 15 is 0 Å². The van der Waals surface area contributed by atoms with Crippen LogP contribution >= 0.6 is 0 Å². The van der Waals surface area contributed by atoms with Crippen molar-refractivity contribution in [2.45, 2.75) is 106 Å². The van der Waals surface area contributed by atoms with Gasteiger partial charge in [-0.25, -0.2) is 0 Å². The lowest BCUT2D eigenvalue weighted by Gasteiger charge is -2.70. The van der Waals surface area contributed by atoms with Gasteiger partial charge in [-0.1, -0.05) is 53.2 Å². The van der Waals surface area contributed by atoms with Crippen molar-refractivity contribution in [1.82, 2.24) is 0 Å². The smallest absolute Gasteiger partial charge is 0.319 e. The molecule has 0 aromatic carbocycles. The summed E-state index contributed by atoms with van der Waals surface area (Å²) in [4.78, 5) is 26.2. The number of rotatable bonds is 1. The Morgan fingerprint density at radius 3 is 2.32 bits per heavy atom. The highest BCUT2D eigenvalue weighted by Gasteiger charge is 2.70. The molecule has 0 saturated heterocycles. The Morgan fingerprint density at radius 1 is 0.941 bits per heavy atom. The molecule has 0 N–H and O–H groups in total. The van der Waals surface area contributed by atoms with Crippen LogP contribution in [0.1, 0.15) is 106 Å². The molecule has 10 atom stereocenters. The lowest BCUT2D eigenvalue weighted by molar-refractivity contribution is -0.198. The summed E-state index contributed by atoms with van der Waals surface area (Å²) < 4.78 is 5.24. The molecule has 5 aliphatic carbocycles. The number of hydrogen-bond donors (Lipinski definition) is 0. The van der Waals surface area contributed by atoms with Gasteiger partial charge < -0.3 is 4.74 Å². The molecule has 3 heteroatoms. The second kappa shape index (κ2) is 7.45. The lowest BCUT2D eigenvalue weighted by atomic mass is 9.33. The molecule has 0 aromatic rings.